The molecule has 0 unspecified atom stereocenters. The number of hydrogen-bond donors (Lipinski definition) is 0. The Balaban J connectivity index is 2.11. The number of hydrogen-bond acceptors (Lipinski definition) is 3. The maximum Gasteiger partial charge on any atom is 0.336 e. The van der Waals surface area contributed by atoms with Gasteiger partial charge in [-0.3, -0.25) is 0 Å². The second-order valence-electron chi connectivity index (χ2n) is 4.89. The molecule has 0 saturated carbocycles. The largest absolute Gasteiger partial charge is 0.496 e. The minimum Gasteiger partial charge on any atom is -0.496 e. The van der Waals surface area contributed by atoms with Gasteiger partial charge in [-0.05, 0) is 61.4 Å². The normalized spacial score (nSPS) is 10.7. The van der Waals surface area contributed by atoms with E-state index in [-0.39, 0.29) is 0 Å². The second-order valence-corrected chi connectivity index (χ2v) is 5.80. The fourth-order valence-corrected chi connectivity index (χ4v) is 2.30. The van der Waals surface area contributed by atoms with E-state index in [0.717, 1.165) is 21.2 Å². The van der Waals surface area contributed by atoms with Crippen LogP contribution in [0.3, 0.4) is 0 Å². The predicted molar refractivity (Wildman–Crippen MR) is 91.3 cm³/mol. The SMILES string of the molecule is COc1ccc(Br)cc1/C=C/C(=O)Oc1ccc(C)c(C)c1. The lowest BCUT2D eigenvalue weighted by Gasteiger charge is -2.06. The molecule has 4 heteroatoms. The van der Waals surface area contributed by atoms with Gasteiger partial charge in [-0.2, -0.15) is 0 Å². The van der Waals surface area contributed by atoms with Crippen molar-refractivity contribution in [3.8, 4) is 11.5 Å². The van der Waals surface area contributed by atoms with Gasteiger partial charge in [-0.1, -0.05) is 22.0 Å². The number of methoxy groups -OCH3 is 1. The number of benzene rings is 2. The number of ether oxygens (including phenoxy) is 2. The van der Waals surface area contributed by atoms with Crippen molar-refractivity contribution in [3.63, 3.8) is 0 Å². The Hall–Kier alpha value is -2.07. The van der Waals surface area contributed by atoms with Crippen molar-refractivity contribution < 1.29 is 14.3 Å². The average molecular weight is 361 g/mol. The highest BCUT2D eigenvalue weighted by Gasteiger charge is 2.04. The molecule has 0 aliphatic rings. The first-order valence-corrected chi connectivity index (χ1v) is 7.59. The van der Waals surface area contributed by atoms with Gasteiger partial charge in [0.25, 0.3) is 0 Å². The molecule has 2 aromatic carbocycles. The van der Waals surface area contributed by atoms with E-state index in [1.807, 2.05) is 44.2 Å². The molecule has 0 radical (unpaired) electrons. The van der Waals surface area contributed by atoms with Gasteiger partial charge in [0.05, 0.1) is 7.11 Å². The Bertz CT molecular complexity index is 720. The molecule has 0 N–H and O–H groups in total. The van der Waals surface area contributed by atoms with Crippen LogP contribution in [0.5, 0.6) is 11.5 Å². The van der Waals surface area contributed by atoms with E-state index in [2.05, 4.69) is 15.9 Å². The molecule has 0 amide bonds. The smallest absolute Gasteiger partial charge is 0.336 e. The molecule has 0 fully saturated rings. The van der Waals surface area contributed by atoms with E-state index in [4.69, 9.17) is 9.47 Å². The Morgan fingerprint density at radius 3 is 2.55 bits per heavy atom. The zero-order valence-electron chi connectivity index (χ0n) is 12.7. The Kier molecular flexibility index (Phi) is 5.39. The van der Waals surface area contributed by atoms with Crippen molar-refractivity contribution in [2.45, 2.75) is 13.8 Å². The van der Waals surface area contributed by atoms with Crippen LogP contribution in [0.2, 0.25) is 0 Å². The molecule has 0 saturated heterocycles. The highest BCUT2D eigenvalue weighted by atomic mass is 79.9. The molecular formula is C18H17BrO3. The first-order valence-electron chi connectivity index (χ1n) is 6.80. The number of halogens is 1. The third-order valence-corrected chi connectivity index (χ3v) is 3.78. The summed E-state index contributed by atoms with van der Waals surface area (Å²) in [5, 5.41) is 0. The van der Waals surface area contributed by atoms with Crippen molar-refractivity contribution in [1.82, 2.24) is 0 Å². The van der Waals surface area contributed by atoms with Gasteiger partial charge in [0.2, 0.25) is 0 Å². The highest BCUT2D eigenvalue weighted by Crippen LogP contribution is 2.24. The van der Waals surface area contributed by atoms with Crippen LogP contribution in [0.4, 0.5) is 0 Å². The van der Waals surface area contributed by atoms with Crippen LogP contribution in [0.25, 0.3) is 6.08 Å². The zero-order chi connectivity index (χ0) is 16.1. The molecule has 0 atom stereocenters. The first kappa shape index (κ1) is 16.3. The van der Waals surface area contributed by atoms with E-state index in [1.54, 1.807) is 19.3 Å². The van der Waals surface area contributed by atoms with Gasteiger partial charge in [0.15, 0.2) is 0 Å². The lowest BCUT2D eigenvalue weighted by molar-refractivity contribution is -0.128. The molecule has 0 bridgehead atoms. The summed E-state index contributed by atoms with van der Waals surface area (Å²) in [6, 6.07) is 11.1. The summed E-state index contributed by atoms with van der Waals surface area (Å²) in [5.41, 5.74) is 3.05. The van der Waals surface area contributed by atoms with Crippen LogP contribution in [-0.4, -0.2) is 13.1 Å². The minimum absolute atomic E-state index is 0.426. The van der Waals surface area contributed by atoms with Crippen LogP contribution in [0.1, 0.15) is 16.7 Å². The van der Waals surface area contributed by atoms with Crippen LogP contribution >= 0.6 is 15.9 Å². The number of carbonyl (C=O) groups is 1. The third-order valence-electron chi connectivity index (χ3n) is 3.29. The molecule has 0 spiro atoms. The van der Waals surface area contributed by atoms with E-state index in [1.165, 1.54) is 6.08 Å². The summed E-state index contributed by atoms with van der Waals surface area (Å²) in [6.45, 7) is 4.00. The summed E-state index contributed by atoms with van der Waals surface area (Å²) < 4.78 is 11.5. The fourth-order valence-electron chi connectivity index (χ4n) is 1.92. The van der Waals surface area contributed by atoms with E-state index in [0.29, 0.717) is 11.5 Å². The number of aryl methyl sites for hydroxylation is 2. The van der Waals surface area contributed by atoms with Gasteiger partial charge in [0, 0.05) is 16.1 Å². The zero-order valence-corrected chi connectivity index (χ0v) is 14.3. The van der Waals surface area contributed by atoms with Gasteiger partial charge in [0.1, 0.15) is 11.5 Å². The lowest BCUT2D eigenvalue weighted by atomic mass is 10.1. The topological polar surface area (TPSA) is 35.5 Å². The second kappa shape index (κ2) is 7.27. The summed E-state index contributed by atoms with van der Waals surface area (Å²) >= 11 is 3.40. The van der Waals surface area contributed by atoms with Crippen molar-refractivity contribution in [3.05, 3.63) is 63.6 Å². The Labute approximate surface area is 138 Å². The van der Waals surface area contributed by atoms with Gasteiger partial charge >= 0.3 is 5.97 Å². The standard InChI is InChI=1S/C18H17BrO3/c1-12-4-7-16(10-13(12)2)22-18(20)9-5-14-11-15(19)6-8-17(14)21-3/h4-11H,1-3H3/b9-5+. The molecule has 0 heterocycles. The molecule has 3 nitrogen and oxygen atoms in total. The van der Waals surface area contributed by atoms with Crippen molar-refractivity contribution in [2.24, 2.45) is 0 Å². The van der Waals surface area contributed by atoms with Crippen LogP contribution < -0.4 is 9.47 Å². The monoisotopic (exact) mass is 360 g/mol. The highest BCUT2D eigenvalue weighted by molar-refractivity contribution is 9.10. The predicted octanol–water partition coefficient (Wildman–Crippen LogP) is 4.69. The molecule has 114 valence electrons. The van der Waals surface area contributed by atoms with Crippen molar-refractivity contribution in [2.75, 3.05) is 7.11 Å². The summed E-state index contributed by atoms with van der Waals surface area (Å²) in [5.74, 6) is 0.808. The van der Waals surface area contributed by atoms with Crippen LogP contribution in [0.15, 0.2) is 46.9 Å². The third kappa shape index (κ3) is 4.21. The summed E-state index contributed by atoms with van der Waals surface area (Å²) in [7, 11) is 1.59. The molecule has 0 aliphatic carbocycles. The van der Waals surface area contributed by atoms with Crippen molar-refractivity contribution in [1.29, 1.82) is 0 Å². The molecule has 2 rings (SSSR count). The lowest BCUT2D eigenvalue weighted by Crippen LogP contribution is -2.04. The summed E-state index contributed by atoms with van der Waals surface area (Å²) in [6.07, 6.45) is 3.06. The number of carbonyl (C=O) groups excluding carboxylic acids is 1. The van der Waals surface area contributed by atoms with Crippen LogP contribution in [0, 0.1) is 13.8 Å². The molecule has 2 aromatic rings. The fraction of sp³-hybridized carbons (Fsp3) is 0.167. The number of esters is 1. The van der Waals surface area contributed by atoms with E-state index >= 15 is 0 Å². The van der Waals surface area contributed by atoms with Gasteiger partial charge in [-0.15, -0.1) is 0 Å². The molecule has 0 aliphatic heterocycles. The molecule has 0 aromatic heterocycles. The molecule has 22 heavy (non-hydrogen) atoms. The molecular weight excluding hydrogens is 344 g/mol. The van der Waals surface area contributed by atoms with Crippen molar-refractivity contribution >= 4 is 28.0 Å². The van der Waals surface area contributed by atoms with Crippen LogP contribution in [-0.2, 0) is 4.79 Å². The quantitative estimate of drug-likeness (QED) is 0.450. The van der Waals surface area contributed by atoms with Gasteiger partial charge in [-0.25, -0.2) is 4.79 Å². The van der Waals surface area contributed by atoms with Gasteiger partial charge < -0.3 is 9.47 Å². The maximum atomic E-state index is 11.9. The Morgan fingerprint density at radius 1 is 1.09 bits per heavy atom. The average Bonchev–Trinajstić information content (AvgIpc) is 2.49. The summed E-state index contributed by atoms with van der Waals surface area (Å²) in [4.78, 5) is 11.9. The van der Waals surface area contributed by atoms with E-state index in [9.17, 15) is 4.79 Å². The maximum absolute atomic E-state index is 11.9. The Morgan fingerprint density at radius 2 is 1.86 bits per heavy atom. The first-order chi connectivity index (χ1) is 10.5. The van der Waals surface area contributed by atoms with E-state index < -0.39 is 5.97 Å². The number of rotatable bonds is 4. The minimum atomic E-state index is -0.426.